The number of methoxy groups -OCH3 is 1. The molecule has 0 saturated heterocycles. The summed E-state index contributed by atoms with van der Waals surface area (Å²) < 4.78 is 7.64. The molecule has 0 radical (unpaired) electrons. The molecule has 0 saturated carbocycles. The van der Waals surface area contributed by atoms with Gasteiger partial charge in [-0.1, -0.05) is 19.9 Å². The highest BCUT2D eigenvalue weighted by atomic mass is 16.5. The minimum atomic E-state index is 0.228. The molecule has 1 heterocycles. The fraction of sp³-hybridized carbons (Fsp3) is 0.471. The summed E-state index contributed by atoms with van der Waals surface area (Å²) in [4.78, 5) is 0. The number of fused-ring (bicyclic) bond motifs is 1. The predicted octanol–water partition coefficient (Wildman–Crippen LogP) is 3.15. The van der Waals surface area contributed by atoms with Crippen molar-refractivity contribution in [1.82, 2.24) is 0 Å². The van der Waals surface area contributed by atoms with E-state index in [4.69, 9.17) is 4.74 Å². The van der Waals surface area contributed by atoms with Gasteiger partial charge in [-0.2, -0.15) is 0 Å². The Morgan fingerprint density at radius 3 is 2.68 bits per heavy atom. The Labute approximate surface area is 115 Å². The van der Waals surface area contributed by atoms with Crippen LogP contribution in [0.4, 0.5) is 0 Å². The number of hydrogen-bond acceptors (Lipinski definition) is 1. The van der Waals surface area contributed by atoms with Gasteiger partial charge < -0.3 is 4.74 Å². The highest BCUT2D eigenvalue weighted by Crippen LogP contribution is 2.49. The fourth-order valence-electron chi connectivity index (χ4n) is 3.51. The van der Waals surface area contributed by atoms with Crippen LogP contribution in [-0.4, -0.2) is 31.5 Å². The first-order chi connectivity index (χ1) is 9.01. The number of rotatable bonds is 1. The largest absolute Gasteiger partial charge is 0.497 e. The number of ether oxygens (including phenoxy) is 1. The molecule has 0 bridgehead atoms. The second-order valence-electron chi connectivity index (χ2n) is 6.34. The lowest BCUT2D eigenvalue weighted by Gasteiger charge is -2.21. The van der Waals surface area contributed by atoms with Crippen molar-refractivity contribution >= 4 is 11.8 Å². The molecule has 0 spiro atoms. The molecule has 0 aromatic heterocycles. The average Bonchev–Trinajstić information content (AvgIpc) is 2.87. The molecule has 2 aliphatic rings. The predicted molar refractivity (Wildman–Crippen MR) is 79.1 cm³/mol. The van der Waals surface area contributed by atoms with Crippen LogP contribution in [-0.2, 0) is 6.42 Å². The van der Waals surface area contributed by atoms with Gasteiger partial charge in [-0.3, -0.25) is 0 Å². The summed E-state index contributed by atoms with van der Waals surface area (Å²) in [6.45, 7) is 5.85. The van der Waals surface area contributed by atoms with Crippen molar-refractivity contribution in [3.05, 3.63) is 34.9 Å². The van der Waals surface area contributed by atoms with Crippen LogP contribution < -0.4 is 4.74 Å². The summed E-state index contributed by atoms with van der Waals surface area (Å²) in [5.41, 5.74) is 6.12. The summed E-state index contributed by atoms with van der Waals surface area (Å²) in [6.07, 6.45) is 4.59. The fourth-order valence-corrected chi connectivity index (χ4v) is 3.51. The summed E-state index contributed by atoms with van der Waals surface area (Å²) in [7, 11) is 3.89. The van der Waals surface area contributed by atoms with Crippen molar-refractivity contribution in [1.29, 1.82) is 0 Å². The van der Waals surface area contributed by atoms with Crippen molar-refractivity contribution < 1.29 is 9.31 Å². The average molecular weight is 256 g/mol. The Bertz CT molecular complexity index is 593. The van der Waals surface area contributed by atoms with Gasteiger partial charge in [0.2, 0.25) is 0 Å². The van der Waals surface area contributed by atoms with E-state index < -0.39 is 0 Å². The van der Waals surface area contributed by atoms with Gasteiger partial charge in [-0.15, -0.1) is 0 Å². The van der Waals surface area contributed by atoms with Crippen LogP contribution in [0.5, 0.6) is 5.75 Å². The van der Waals surface area contributed by atoms with Crippen molar-refractivity contribution in [3.8, 4) is 5.75 Å². The molecular weight excluding hydrogens is 234 g/mol. The molecule has 0 fully saturated rings. The van der Waals surface area contributed by atoms with Gasteiger partial charge in [0, 0.05) is 12.0 Å². The summed E-state index contributed by atoms with van der Waals surface area (Å²) >= 11 is 0. The van der Waals surface area contributed by atoms with Crippen molar-refractivity contribution in [3.63, 3.8) is 0 Å². The zero-order chi connectivity index (χ0) is 13.6. The Morgan fingerprint density at radius 1 is 1.26 bits per heavy atom. The Hall–Kier alpha value is -1.57. The lowest BCUT2D eigenvalue weighted by Crippen LogP contribution is -2.11. The molecule has 1 aliphatic heterocycles. The molecule has 100 valence electrons. The molecule has 0 N–H and O–H groups in total. The van der Waals surface area contributed by atoms with Crippen LogP contribution in [0.3, 0.4) is 0 Å². The summed E-state index contributed by atoms with van der Waals surface area (Å²) in [6, 6.07) is 6.51. The molecular formula is C17H22NO+. The maximum atomic E-state index is 5.35. The maximum Gasteiger partial charge on any atom is 0.166 e. The van der Waals surface area contributed by atoms with Crippen LogP contribution in [0.2, 0.25) is 0 Å². The van der Waals surface area contributed by atoms with E-state index in [0.29, 0.717) is 0 Å². The van der Waals surface area contributed by atoms with Crippen molar-refractivity contribution in [2.45, 2.75) is 26.7 Å². The Kier molecular flexibility index (Phi) is 2.77. The van der Waals surface area contributed by atoms with E-state index in [1.165, 1.54) is 28.7 Å². The van der Waals surface area contributed by atoms with Crippen LogP contribution in [0.25, 0.3) is 5.57 Å². The van der Waals surface area contributed by atoms with Crippen LogP contribution >= 0.6 is 0 Å². The highest BCUT2D eigenvalue weighted by molar-refractivity contribution is 5.93. The quantitative estimate of drug-likeness (QED) is 0.703. The van der Waals surface area contributed by atoms with Crippen LogP contribution in [0, 0.1) is 5.41 Å². The topological polar surface area (TPSA) is 12.2 Å². The van der Waals surface area contributed by atoms with Gasteiger partial charge in [0.1, 0.15) is 19.3 Å². The monoisotopic (exact) mass is 256 g/mol. The van der Waals surface area contributed by atoms with Gasteiger partial charge in [0.25, 0.3) is 0 Å². The minimum Gasteiger partial charge on any atom is -0.497 e. The van der Waals surface area contributed by atoms with E-state index in [1.54, 1.807) is 7.11 Å². The normalized spacial score (nSPS) is 24.3. The lowest BCUT2D eigenvalue weighted by molar-refractivity contribution is -0.484. The van der Waals surface area contributed by atoms with Crippen LogP contribution in [0.1, 0.15) is 31.4 Å². The first-order valence-electron chi connectivity index (χ1n) is 6.97. The van der Waals surface area contributed by atoms with E-state index in [-0.39, 0.29) is 5.41 Å². The van der Waals surface area contributed by atoms with Crippen molar-refractivity contribution in [2.24, 2.45) is 5.41 Å². The lowest BCUT2D eigenvalue weighted by atomic mass is 9.82. The molecule has 1 aromatic carbocycles. The van der Waals surface area contributed by atoms with Gasteiger partial charge >= 0.3 is 0 Å². The number of allylic oxidation sites excluding steroid dienone is 1. The van der Waals surface area contributed by atoms with Gasteiger partial charge in [0.05, 0.1) is 7.11 Å². The summed E-state index contributed by atoms with van der Waals surface area (Å²) in [5, 5.41) is 0. The van der Waals surface area contributed by atoms with E-state index >= 15 is 0 Å². The van der Waals surface area contributed by atoms with Crippen LogP contribution in [0.15, 0.2) is 23.8 Å². The third-order valence-electron chi connectivity index (χ3n) is 4.32. The summed E-state index contributed by atoms with van der Waals surface area (Å²) in [5.74, 6) is 0.966. The highest BCUT2D eigenvalue weighted by Gasteiger charge is 2.37. The van der Waals surface area contributed by atoms with E-state index in [1.807, 2.05) is 0 Å². The molecule has 1 aromatic rings. The third kappa shape index (κ3) is 1.99. The van der Waals surface area contributed by atoms with Crippen molar-refractivity contribution in [2.75, 3.05) is 20.7 Å². The maximum absolute atomic E-state index is 5.35. The van der Waals surface area contributed by atoms with E-state index in [9.17, 15) is 0 Å². The molecule has 0 amide bonds. The molecule has 0 atom stereocenters. The molecule has 2 heteroatoms. The first kappa shape index (κ1) is 12.5. The zero-order valence-electron chi connectivity index (χ0n) is 12.3. The molecule has 2 nitrogen and oxygen atoms in total. The minimum absolute atomic E-state index is 0.228. The first-order valence-corrected chi connectivity index (χ1v) is 6.97. The second-order valence-corrected chi connectivity index (χ2v) is 6.34. The molecule has 3 rings (SSSR count). The van der Waals surface area contributed by atoms with Gasteiger partial charge in [0.15, 0.2) is 6.21 Å². The second kappa shape index (κ2) is 4.22. The Morgan fingerprint density at radius 2 is 2.05 bits per heavy atom. The standard InChI is InChI=1S/C17H22NO/c1-17(2)10-13-9-14(19-4)5-6-15(13)16(17)12-7-8-18(3)11-12/h5-6,9,11H,7-8,10H2,1-4H3/q+1/b16-12-. The SMILES string of the molecule is COc1ccc2c(c1)CC(C)(C)/C2=C1\C=[N+](C)CC1. The smallest absolute Gasteiger partial charge is 0.166 e. The van der Waals surface area contributed by atoms with Gasteiger partial charge in [-0.25, -0.2) is 4.58 Å². The van der Waals surface area contributed by atoms with E-state index in [2.05, 4.69) is 49.9 Å². The third-order valence-corrected chi connectivity index (χ3v) is 4.32. The zero-order valence-corrected chi connectivity index (χ0v) is 12.3. The molecule has 1 aliphatic carbocycles. The van der Waals surface area contributed by atoms with E-state index in [0.717, 1.165) is 18.7 Å². The van der Waals surface area contributed by atoms with Gasteiger partial charge in [-0.05, 0) is 40.7 Å². The number of nitrogens with zero attached hydrogens (tertiary/aromatic N) is 1. The molecule has 0 unspecified atom stereocenters. The number of benzene rings is 1. The number of hydrogen-bond donors (Lipinski definition) is 0. The Balaban J connectivity index is 2.17. The molecule has 19 heavy (non-hydrogen) atoms.